The Morgan fingerprint density at radius 3 is 2.33 bits per heavy atom. The van der Waals surface area contributed by atoms with Crippen LogP contribution >= 0.6 is 11.6 Å². The van der Waals surface area contributed by atoms with Gasteiger partial charge in [0.05, 0.1) is 30.9 Å². The van der Waals surface area contributed by atoms with Crippen LogP contribution in [0.15, 0.2) is 48.0 Å². The highest BCUT2D eigenvalue weighted by molar-refractivity contribution is 6.46. The molecule has 1 aliphatic rings. The summed E-state index contributed by atoms with van der Waals surface area (Å²) in [4.78, 5) is 29.7. The molecule has 0 bridgehead atoms. The lowest BCUT2D eigenvalue weighted by molar-refractivity contribution is -0.140. The molecule has 3 rings (SSSR count). The van der Waals surface area contributed by atoms with Gasteiger partial charge in [0.2, 0.25) is 0 Å². The summed E-state index contributed by atoms with van der Waals surface area (Å²) in [6, 6.07) is 11.6. The third-order valence-electron chi connectivity index (χ3n) is 5.83. The minimum Gasteiger partial charge on any atom is -0.507 e. The molecule has 1 atom stereocenters. The number of anilines is 1. The van der Waals surface area contributed by atoms with Crippen LogP contribution in [-0.4, -0.2) is 62.2 Å². The van der Waals surface area contributed by atoms with Crippen LogP contribution in [0.1, 0.15) is 31.0 Å². The Bertz CT molecular complexity index is 1050. The average Bonchev–Trinajstić information content (AvgIpc) is 3.08. The fourth-order valence-electron chi connectivity index (χ4n) is 4.11. The van der Waals surface area contributed by atoms with E-state index in [-0.39, 0.29) is 30.0 Å². The van der Waals surface area contributed by atoms with Gasteiger partial charge in [0, 0.05) is 37.5 Å². The molecule has 176 valence electrons. The number of methoxy groups -OCH3 is 2. The SMILES string of the molecule is CCN(CC)c1ccc(C2/C(=C(\O)c3cc(Cl)ccc3OC)C(=O)C(=O)N2CCOC)cc1. The van der Waals surface area contributed by atoms with E-state index in [2.05, 4.69) is 18.7 Å². The number of aliphatic hydroxyl groups excluding tert-OH is 1. The average molecular weight is 473 g/mol. The van der Waals surface area contributed by atoms with Gasteiger partial charge in [0.1, 0.15) is 11.5 Å². The Kier molecular flexibility index (Phi) is 8.00. The van der Waals surface area contributed by atoms with Gasteiger partial charge >= 0.3 is 0 Å². The van der Waals surface area contributed by atoms with E-state index in [9.17, 15) is 14.7 Å². The minimum absolute atomic E-state index is 0.00717. The number of halogens is 1. The number of rotatable bonds is 9. The second-order valence-electron chi connectivity index (χ2n) is 7.59. The van der Waals surface area contributed by atoms with Crippen molar-refractivity contribution in [2.45, 2.75) is 19.9 Å². The van der Waals surface area contributed by atoms with Gasteiger partial charge < -0.3 is 24.4 Å². The van der Waals surface area contributed by atoms with E-state index < -0.39 is 17.7 Å². The Balaban J connectivity index is 2.17. The van der Waals surface area contributed by atoms with Crippen molar-refractivity contribution in [2.75, 3.05) is 45.4 Å². The van der Waals surface area contributed by atoms with Crippen molar-refractivity contribution in [3.05, 3.63) is 64.2 Å². The largest absolute Gasteiger partial charge is 0.507 e. The van der Waals surface area contributed by atoms with Gasteiger partial charge in [-0.3, -0.25) is 9.59 Å². The number of ether oxygens (including phenoxy) is 2. The van der Waals surface area contributed by atoms with Crippen molar-refractivity contribution in [3.63, 3.8) is 0 Å². The van der Waals surface area contributed by atoms with Crippen molar-refractivity contribution < 1.29 is 24.2 Å². The maximum atomic E-state index is 13.1. The third-order valence-corrected chi connectivity index (χ3v) is 6.07. The molecule has 1 fully saturated rings. The number of likely N-dealkylation sites (tertiary alicyclic amines) is 1. The minimum atomic E-state index is -0.769. The maximum Gasteiger partial charge on any atom is 0.295 e. The quantitative estimate of drug-likeness (QED) is 0.333. The van der Waals surface area contributed by atoms with Crippen LogP contribution < -0.4 is 9.64 Å². The summed E-state index contributed by atoms with van der Waals surface area (Å²) in [6.45, 7) is 6.33. The van der Waals surface area contributed by atoms with Crippen molar-refractivity contribution >= 4 is 34.7 Å². The van der Waals surface area contributed by atoms with E-state index in [1.54, 1.807) is 12.1 Å². The lowest BCUT2D eigenvalue weighted by Gasteiger charge is -2.26. The van der Waals surface area contributed by atoms with Crippen molar-refractivity contribution in [2.24, 2.45) is 0 Å². The smallest absolute Gasteiger partial charge is 0.295 e. The zero-order valence-corrected chi connectivity index (χ0v) is 20.1. The number of hydrogen-bond donors (Lipinski definition) is 1. The molecule has 1 heterocycles. The fraction of sp³-hybridized carbons (Fsp3) is 0.360. The second-order valence-corrected chi connectivity index (χ2v) is 8.03. The van der Waals surface area contributed by atoms with Crippen molar-refractivity contribution in [3.8, 4) is 5.75 Å². The van der Waals surface area contributed by atoms with Crippen LogP contribution in [0.3, 0.4) is 0 Å². The lowest BCUT2D eigenvalue weighted by Crippen LogP contribution is -2.32. The number of carbonyl (C=O) groups excluding carboxylic acids is 2. The topological polar surface area (TPSA) is 79.3 Å². The monoisotopic (exact) mass is 472 g/mol. The second kappa shape index (κ2) is 10.7. The number of nitrogens with zero attached hydrogens (tertiary/aromatic N) is 2. The number of Topliss-reactive ketones (excluding diaryl/α,β-unsaturated/α-hetero) is 1. The Hall–Kier alpha value is -3.03. The highest BCUT2D eigenvalue weighted by atomic mass is 35.5. The van der Waals surface area contributed by atoms with Gasteiger partial charge in [-0.25, -0.2) is 0 Å². The standard InChI is InChI=1S/C25H29ClN2O5/c1-5-27(6-2)18-10-7-16(8-11-18)22-21(24(30)25(31)28(22)13-14-32-3)23(29)19-15-17(26)9-12-20(19)33-4/h7-12,15,22,29H,5-6,13-14H2,1-4H3/b23-21+. The summed E-state index contributed by atoms with van der Waals surface area (Å²) in [5, 5.41) is 11.6. The molecule has 0 aromatic heterocycles. The van der Waals surface area contributed by atoms with Gasteiger partial charge in [-0.15, -0.1) is 0 Å². The van der Waals surface area contributed by atoms with E-state index >= 15 is 0 Å². The summed E-state index contributed by atoms with van der Waals surface area (Å²) in [5.41, 5.74) is 1.99. The molecular weight excluding hydrogens is 444 g/mol. The molecule has 2 aromatic carbocycles. The van der Waals surface area contributed by atoms with Crippen molar-refractivity contribution in [1.29, 1.82) is 0 Å². The van der Waals surface area contributed by atoms with Crippen LogP contribution in [0.5, 0.6) is 5.75 Å². The molecule has 1 saturated heterocycles. The zero-order chi connectivity index (χ0) is 24.1. The molecule has 0 spiro atoms. The van der Waals surface area contributed by atoms with Crippen LogP contribution in [0.25, 0.3) is 5.76 Å². The Morgan fingerprint density at radius 1 is 1.09 bits per heavy atom. The number of aliphatic hydroxyl groups is 1. The molecule has 0 radical (unpaired) electrons. The van der Waals surface area contributed by atoms with E-state index in [0.717, 1.165) is 18.8 Å². The van der Waals surface area contributed by atoms with Crippen LogP contribution in [-0.2, 0) is 14.3 Å². The number of ketones is 1. The normalized spacial score (nSPS) is 17.5. The number of hydrogen-bond acceptors (Lipinski definition) is 6. The molecule has 7 nitrogen and oxygen atoms in total. The van der Waals surface area contributed by atoms with Gasteiger partial charge in [-0.05, 0) is 49.7 Å². The molecular formula is C25H29ClN2O5. The summed E-state index contributed by atoms with van der Waals surface area (Å²) in [5.74, 6) is -1.43. The van der Waals surface area contributed by atoms with Crippen LogP contribution in [0, 0.1) is 0 Å². The van der Waals surface area contributed by atoms with Gasteiger partial charge in [-0.2, -0.15) is 0 Å². The summed E-state index contributed by atoms with van der Waals surface area (Å²) in [7, 11) is 2.99. The predicted octanol–water partition coefficient (Wildman–Crippen LogP) is 4.26. The summed E-state index contributed by atoms with van der Waals surface area (Å²) >= 11 is 6.14. The van der Waals surface area contributed by atoms with E-state index in [0.29, 0.717) is 16.3 Å². The molecule has 0 saturated carbocycles. The first-order chi connectivity index (χ1) is 15.9. The van der Waals surface area contributed by atoms with Crippen LogP contribution in [0.4, 0.5) is 5.69 Å². The number of amides is 1. The molecule has 1 aliphatic heterocycles. The molecule has 33 heavy (non-hydrogen) atoms. The fourth-order valence-corrected chi connectivity index (χ4v) is 4.29. The molecule has 1 N–H and O–H groups in total. The summed E-state index contributed by atoms with van der Waals surface area (Å²) in [6.07, 6.45) is 0. The highest BCUT2D eigenvalue weighted by Gasteiger charge is 2.46. The van der Waals surface area contributed by atoms with Crippen LogP contribution in [0.2, 0.25) is 5.02 Å². The van der Waals surface area contributed by atoms with E-state index in [1.807, 2.05) is 24.3 Å². The Labute approximate surface area is 199 Å². The molecule has 1 unspecified atom stereocenters. The maximum absolute atomic E-state index is 13.1. The van der Waals surface area contributed by atoms with Gasteiger partial charge in [-0.1, -0.05) is 23.7 Å². The molecule has 0 aliphatic carbocycles. The van der Waals surface area contributed by atoms with Gasteiger partial charge in [0.25, 0.3) is 11.7 Å². The predicted molar refractivity (Wildman–Crippen MR) is 129 cm³/mol. The summed E-state index contributed by atoms with van der Waals surface area (Å²) < 4.78 is 10.5. The van der Waals surface area contributed by atoms with E-state index in [4.69, 9.17) is 21.1 Å². The Morgan fingerprint density at radius 2 is 1.76 bits per heavy atom. The first-order valence-corrected chi connectivity index (χ1v) is 11.2. The molecule has 2 aromatic rings. The highest BCUT2D eigenvalue weighted by Crippen LogP contribution is 2.41. The number of benzene rings is 2. The van der Waals surface area contributed by atoms with Crippen molar-refractivity contribution in [1.82, 2.24) is 4.90 Å². The lowest BCUT2D eigenvalue weighted by atomic mass is 9.94. The van der Waals surface area contributed by atoms with Gasteiger partial charge in [0.15, 0.2) is 0 Å². The molecule has 8 heteroatoms. The first kappa shape index (κ1) is 24.6. The first-order valence-electron chi connectivity index (χ1n) is 10.8. The third kappa shape index (κ3) is 4.84. The zero-order valence-electron chi connectivity index (χ0n) is 19.3. The van der Waals surface area contributed by atoms with E-state index in [1.165, 1.54) is 25.2 Å². The molecule has 1 amide bonds. The number of carbonyl (C=O) groups is 2.